The molecule has 1 aliphatic carbocycles. The number of likely N-dealkylation sites (N-methyl/N-ethyl adjacent to an activating group) is 1. The number of halogens is 1. The lowest BCUT2D eigenvalue weighted by Crippen LogP contribution is -2.37. The first-order valence-electron chi connectivity index (χ1n) is 14.9. The van der Waals surface area contributed by atoms with Gasteiger partial charge in [0.2, 0.25) is 5.78 Å². The molecule has 1 aromatic carbocycles. The van der Waals surface area contributed by atoms with Gasteiger partial charge in [0.25, 0.3) is 5.56 Å². The maximum atomic E-state index is 15.3. The molecule has 3 aromatic rings. The van der Waals surface area contributed by atoms with Crippen molar-refractivity contribution in [2.24, 2.45) is 7.05 Å². The summed E-state index contributed by atoms with van der Waals surface area (Å²) in [5, 5.41) is 13.8. The van der Waals surface area contributed by atoms with E-state index in [9.17, 15) is 14.7 Å². The van der Waals surface area contributed by atoms with E-state index in [1.54, 1.807) is 25.5 Å². The summed E-state index contributed by atoms with van der Waals surface area (Å²) in [5.41, 5.74) is 6.99. The van der Waals surface area contributed by atoms with Crippen molar-refractivity contribution >= 4 is 23.0 Å². The number of pyridine rings is 2. The third-order valence-electron chi connectivity index (χ3n) is 9.06. The Hall–Kier alpha value is -4.28. The minimum Gasteiger partial charge on any atom is -0.392 e. The third kappa shape index (κ3) is 4.84. The molecular weight excluding hydrogens is 547 g/mol. The van der Waals surface area contributed by atoms with E-state index in [-0.39, 0.29) is 17.9 Å². The minimum absolute atomic E-state index is 0.0539. The third-order valence-corrected chi connectivity index (χ3v) is 9.06. The van der Waals surface area contributed by atoms with E-state index in [2.05, 4.69) is 22.2 Å². The van der Waals surface area contributed by atoms with Crippen LogP contribution in [-0.2, 0) is 31.4 Å². The van der Waals surface area contributed by atoms with Gasteiger partial charge in [-0.1, -0.05) is 6.07 Å². The van der Waals surface area contributed by atoms with Crippen LogP contribution in [0, 0.1) is 5.82 Å². The number of aromatic nitrogens is 2. The minimum atomic E-state index is -0.470. The number of aliphatic hydroxyl groups excluding tert-OH is 1. The van der Waals surface area contributed by atoms with Gasteiger partial charge in [-0.25, -0.2) is 9.37 Å². The van der Waals surface area contributed by atoms with Gasteiger partial charge in [-0.05, 0) is 68.1 Å². The molecule has 9 nitrogen and oxygen atoms in total. The van der Waals surface area contributed by atoms with E-state index in [1.165, 1.54) is 22.3 Å². The number of benzene rings is 1. The quantitative estimate of drug-likeness (QED) is 0.463. The monoisotopic (exact) mass is 582 g/mol. The van der Waals surface area contributed by atoms with E-state index in [1.807, 2.05) is 17.0 Å². The van der Waals surface area contributed by atoms with Gasteiger partial charge in [-0.15, -0.1) is 0 Å². The topological polar surface area (TPSA) is 93.9 Å². The summed E-state index contributed by atoms with van der Waals surface area (Å²) in [4.78, 5) is 37.4. The van der Waals surface area contributed by atoms with Crippen molar-refractivity contribution in [1.82, 2.24) is 19.4 Å². The van der Waals surface area contributed by atoms with Crippen molar-refractivity contribution in [2.75, 3.05) is 36.9 Å². The fourth-order valence-corrected chi connectivity index (χ4v) is 6.86. The highest BCUT2D eigenvalue weighted by Gasteiger charge is 2.38. The molecule has 43 heavy (non-hydrogen) atoms. The largest absolute Gasteiger partial charge is 0.392 e. The number of ketones is 1. The Balaban J connectivity index is 1.25. The lowest BCUT2D eigenvalue weighted by molar-refractivity contribution is -0.112. The van der Waals surface area contributed by atoms with Crippen LogP contribution in [0.25, 0.3) is 11.1 Å². The van der Waals surface area contributed by atoms with Crippen LogP contribution in [0.4, 0.5) is 21.6 Å². The lowest BCUT2D eigenvalue weighted by atomic mass is 9.96. The van der Waals surface area contributed by atoms with Crippen molar-refractivity contribution in [3.05, 3.63) is 92.7 Å². The molecule has 222 valence electrons. The molecule has 0 radical (unpaired) electrons. The molecule has 0 saturated heterocycles. The number of carbonyl (C=O) groups is 1. The predicted octanol–water partition coefficient (Wildman–Crippen LogP) is 4.18. The smallest absolute Gasteiger partial charge is 0.274 e. The van der Waals surface area contributed by atoms with Gasteiger partial charge in [0.1, 0.15) is 23.0 Å². The number of aliphatic hydroxyl groups is 1. The average Bonchev–Trinajstić information content (AvgIpc) is 3.30. The number of aryl methyl sites for hydroxylation is 1. The molecule has 5 heterocycles. The van der Waals surface area contributed by atoms with Crippen molar-refractivity contribution in [3.63, 3.8) is 0 Å². The average molecular weight is 583 g/mol. The zero-order valence-electron chi connectivity index (χ0n) is 24.5. The SMILES string of the molecule is CN1CCc2nc(Nc3cc(-c4cc(F)cc(N5C=C6C(=O)C7=C(CCCC7)N6CC5)c4CO)cn(C)c3=O)ccc2C1. The van der Waals surface area contributed by atoms with E-state index >= 15 is 4.39 Å². The van der Waals surface area contributed by atoms with Gasteiger partial charge in [0.05, 0.1) is 6.61 Å². The fourth-order valence-electron chi connectivity index (χ4n) is 6.86. The van der Waals surface area contributed by atoms with Crippen LogP contribution in [-0.4, -0.2) is 56.9 Å². The molecule has 10 heteroatoms. The number of hydrogen-bond acceptors (Lipinski definition) is 8. The molecule has 3 aliphatic heterocycles. The summed E-state index contributed by atoms with van der Waals surface area (Å²) in [6, 6.07) is 8.38. The highest BCUT2D eigenvalue weighted by molar-refractivity contribution is 6.11. The first-order chi connectivity index (χ1) is 20.8. The summed E-state index contributed by atoms with van der Waals surface area (Å²) < 4.78 is 16.7. The van der Waals surface area contributed by atoms with Crippen molar-refractivity contribution in [2.45, 2.75) is 45.3 Å². The molecule has 0 atom stereocenters. The molecular formula is C33H35FN6O3. The highest BCUT2D eigenvalue weighted by atomic mass is 19.1. The maximum absolute atomic E-state index is 15.3. The normalized spacial score (nSPS) is 18.4. The van der Waals surface area contributed by atoms with Crippen LogP contribution in [0.1, 0.15) is 42.5 Å². The number of hydrogen-bond donors (Lipinski definition) is 2. The van der Waals surface area contributed by atoms with Gasteiger partial charge in [0.15, 0.2) is 0 Å². The Kier molecular flexibility index (Phi) is 6.90. The number of rotatable bonds is 5. The Bertz CT molecular complexity index is 1780. The Morgan fingerprint density at radius 2 is 1.86 bits per heavy atom. The van der Waals surface area contributed by atoms with Gasteiger partial charge < -0.3 is 29.7 Å². The molecule has 0 fully saturated rings. The Labute approximate surface area is 249 Å². The van der Waals surface area contributed by atoms with Gasteiger partial charge in [-0.2, -0.15) is 0 Å². The molecule has 0 saturated carbocycles. The van der Waals surface area contributed by atoms with E-state index in [0.717, 1.165) is 62.2 Å². The van der Waals surface area contributed by atoms with Crippen LogP contribution in [0.15, 0.2) is 64.5 Å². The van der Waals surface area contributed by atoms with E-state index in [0.29, 0.717) is 52.7 Å². The molecule has 4 aliphatic rings. The van der Waals surface area contributed by atoms with Crippen LogP contribution < -0.4 is 15.8 Å². The number of allylic oxidation sites excluding steroid dienone is 2. The van der Waals surface area contributed by atoms with Crippen molar-refractivity contribution in [1.29, 1.82) is 0 Å². The summed E-state index contributed by atoms with van der Waals surface area (Å²) in [6.45, 7) is 2.58. The molecule has 7 rings (SSSR count). The van der Waals surface area contributed by atoms with Crippen LogP contribution in [0.3, 0.4) is 0 Å². The summed E-state index contributed by atoms with van der Waals surface area (Å²) >= 11 is 0. The fraction of sp³-hybridized carbons (Fsp3) is 0.364. The Morgan fingerprint density at radius 3 is 2.70 bits per heavy atom. The zero-order valence-corrected chi connectivity index (χ0v) is 24.5. The van der Waals surface area contributed by atoms with Crippen LogP contribution in [0.5, 0.6) is 0 Å². The zero-order chi connectivity index (χ0) is 29.8. The molecule has 0 spiro atoms. The summed E-state index contributed by atoms with van der Waals surface area (Å²) in [5.74, 6) is 0.155. The predicted molar refractivity (Wildman–Crippen MR) is 163 cm³/mol. The summed E-state index contributed by atoms with van der Waals surface area (Å²) in [7, 11) is 3.73. The second-order valence-electron chi connectivity index (χ2n) is 11.9. The van der Waals surface area contributed by atoms with Crippen molar-refractivity contribution in [3.8, 4) is 11.1 Å². The number of Topliss-reactive ketones (excluding diaryl/α,β-unsaturated/α-hetero) is 1. The lowest BCUT2D eigenvalue weighted by Gasteiger charge is -2.35. The number of nitrogens with zero attached hydrogens (tertiary/aromatic N) is 5. The highest BCUT2D eigenvalue weighted by Crippen LogP contribution is 2.41. The first kappa shape index (κ1) is 27.5. The molecule has 0 unspecified atom stereocenters. The van der Waals surface area contributed by atoms with E-state index < -0.39 is 5.82 Å². The standard InChI is InChI=1S/C33H35FN6O3/c1-37-10-9-26-20(16-37)7-8-31(35-26)36-27-13-21(17-38(2)33(27)43)24-14-22(34)15-29(25(24)19-41)39-11-12-40-28-6-4-3-5-23(28)32(42)30(40)18-39/h7-8,13-15,17-18,41H,3-6,9-12,16,19H2,1-2H3,(H,35,36). The second-order valence-corrected chi connectivity index (χ2v) is 11.9. The van der Waals surface area contributed by atoms with Crippen LogP contribution in [0.2, 0.25) is 0 Å². The van der Waals surface area contributed by atoms with E-state index in [4.69, 9.17) is 4.98 Å². The second kappa shape index (κ2) is 10.8. The van der Waals surface area contributed by atoms with Gasteiger partial charge in [-0.3, -0.25) is 9.59 Å². The number of anilines is 3. The Morgan fingerprint density at radius 1 is 1.02 bits per heavy atom. The first-order valence-corrected chi connectivity index (χ1v) is 14.9. The summed E-state index contributed by atoms with van der Waals surface area (Å²) in [6.07, 6.45) is 8.10. The maximum Gasteiger partial charge on any atom is 0.274 e. The number of fused-ring (bicyclic) bond motifs is 3. The molecule has 2 N–H and O–H groups in total. The van der Waals surface area contributed by atoms with Gasteiger partial charge in [0, 0.05) is 85.8 Å². The van der Waals surface area contributed by atoms with Crippen LogP contribution >= 0.6 is 0 Å². The number of carbonyl (C=O) groups excluding carboxylic acids is 1. The molecule has 2 aromatic heterocycles. The number of nitrogens with one attached hydrogen (secondary N) is 1. The van der Waals surface area contributed by atoms with Gasteiger partial charge >= 0.3 is 0 Å². The molecule has 0 amide bonds. The van der Waals surface area contributed by atoms with Crippen molar-refractivity contribution < 1.29 is 14.3 Å². The molecule has 0 bridgehead atoms.